The molecule has 0 saturated heterocycles. The summed E-state index contributed by atoms with van der Waals surface area (Å²) in [5, 5.41) is 12.4. The van der Waals surface area contributed by atoms with Crippen LogP contribution in [0.5, 0.6) is 5.75 Å². The van der Waals surface area contributed by atoms with Crippen LogP contribution >= 0.6 is 22.9 Å². The number of hydrogen-bond acceptors (Lipinski definition) is 5. The van der Waals surface area contributed by atoms with Crippen LogP contribution in [0.4, 0.5) is 5.13 Å². The fraction of sp³-hybridized carbons (Fsp3) is 0.214. The molecule has 110 valence electrons. The predicted octanol–water partition coefficient (Wildman–Crippen LogP) is 3.41. The Balaban J connectivity index is 2.00. The number of nitrogens with one attached hydrogen (secondary N) is 1. The summed E-state index contributed by atoms with van der Waals surface area (Å²) in [6.45, 7) is 1.99. The van der Waals surface area contributed by atoms with E-state index in [4.69, 9.17) is 16.3 Å². The van der Waals surface area contributed by atoms with Crippen LogP contribution < -0.4 is 10.1 Å². The molecule has 1 aromatic heterocycles. The van der Waals surface area contributed by atoms with Crippen molar-refractivity contribution in [2.24, 2.45) is 0 Å². The molecule has 0 bridgehead atoms. The molecule has 0 saturated carbocycles. The minimum absolute atomic E-state index is 0.263. The Morgan fingerprint density at radius 1 is 1.48 bits per heavy atom. The summed E-state index contributed by atoms with van der Waals surface area (Å²) in [7, 11) is 1.55. The molecule has 0 spiro atoms. The van der Waals surface area contributed by atoms with E-state index in [1.54, 1.807) is 25.3 Å². The van der Waals surface area contributed by atoms with Crippen molar-refractivity contribution in [1.82, 2.24) is 10.2 Å². The number of halogens is 1. The number of aromatic nitrogens is 2. The molecular weight excluding hydrogens is 310 g/mol. The average Bonchev–Trinajstić information content (AvgIpc) is 2.93. The number of amides is 1. The molecule has 0 radical (unpaired) electrons. The molecule has 2 aromatic rings. The Bertz CT molecular complexity index is 670. The fourth-order valence-electron chi connectivity index (χ4n) is 1.55. The summed E-state index contributed by atoms with van der Waals surface area (Å²) in [6.07, 6.45) is 3.89. The van der Waals surface area contributed by atoms with Gasteiger partial charge in [-0.3, -0.25) is 10.1 Å². The Hall–Kier alpha value is -1.92. The van der Waals surface area contributed by atoms with E-state index in [9.17, 15) is 4.79 Å². The second-order valence-electron chi connectivity index (χ2n) is 4.07. The van der Waals surface area contributed by atoms with Crippen molar-refractivity contribution in [1.29, 1.82) is 0 Å². The molecule has 0 aliphatic heterocycles. The first-order valence-electron chi connectivity index (χ1n) is 6.27. The molecule has 2 rings (SSSR count). The van der Waals surface area contributed by atoms with Crippen LogP contribution in [0.3, 0.4) is 0 Å². The quantitative estimate of drug-likeness (QED) is 0.856. The summed E-state index contributed by atoms with van der Waals surface area (Å²) in [5.74, 6) is 0.333. The van der Waals surface area contributed by atoms with Crippen LogP contribution in [0, 0.1) is 0 Å². The second-order valence-corrected chi connectivity index (χ2v) is 5.54. The lowest BCUT2D eigenvalue weighted by Crippen LogP contribution is -2.07. The molecule has 21 heavy (non-hydrogen) atoms. The van der Waals surface area contributed by atoms with E-state index in [2.05, 4.69) is 15.5 Å². The molecule has 1 aromatic carbocycles. The number of carbonyl (C=O) groups excluding carboxylic acids is 1. The molecule has 0 unspecified atom stereocenters. The molecular formula is C14H14ClN3O2S. The van der Waals surface area contributed by atoms with Crippen LogP contribution in [0.25, 0.3) is 6.08 Å². The van der Waals surface area contributed by atoms with E-state index in [1.807, 2.05) is 13.0 Å². The van der Waals surface area contributed by atoms with Gasteiger partial charge in [-0.15, -0.1) is 10.2 Å². The van der Waals surface area contributed by atoms with Gasteiger partial charge in [0.05, 0.1) is 12.1 Å². The second kappa shape index (κ2) is 7.19. The third-order valence-corrected chi connectivity index (χ3v) is 3.88. The lowest BCUT2D eigenvalue weighted by Gasteiger charge is -2.02. The standard InChI is InChI=1S/C14H14ClN3O2S/c1-3-13-17-18-14(21-13)16-12(19)7-5-9-4-6-11(20-2)10(15)8-9/h4-8H,3H2,1-2H3,(H,16,18,19)/b7-5+. The van der Waals surface area contributed by atoms with Gasteiger partial charge in [0.1, 0.15) is 10.8 Å². The number of rotatable bonds is 5. The number of methoxy groups -OCH3 is 1. The normalized spacial score (nSPS) is 10.8. The predicted molar refractivity (Wildman–Crippen MR) is 85.0 cm³/mol. The topological polar surface area (TPSA) is 64.1 Å². The molecule has 0 aliphatic rings. The van der Waals surface area contributed by atoms with Crippen LogP contribution in [0.1, 0.15) is 17.5 Å². The monoisotopic (exact) mass is 323 g/mol. The molecule has 1 N–H and O–H groups in total. The van der Waals surface area contributed by atoms with Crippen molar-refractivity contribution in [2.45, 2.75) is 13.3 Å². The van der Waals surface area contributed by atoms with Crippen molar-refractivity contribution in [2.75, 3.05) is 12.4 Å². The number of carbonyl (C=O) groups is 1. The number of anilines is 1. The average molecular weight is 324 g/mol. The van der Waals surface area contributed by atoms with Crippen LogP contribution in [-0.2, 0) is 11.2 Å². The van der Waals surface area contributed by atoms with Gasteiger partial charge in [-0.05, 0) is 30.2 Å². The molecule has 5 nitrogen and oxygen atoms in total. The zero-order chi connectivity index (χ0) is 15.2. The van der Waals surface area contributed by atoms with Crippen molar-refractivity contribution in [3.8, 4) is 5.75 Å². The third kappa shape index (κ3) is 4.27. The van der Waals surface area contributed by atoms with Gasteiger partial charge in [0, 0.05) is 6.08 Å². The van der Waals surface area contributed by atoms with Gasteiger partial charge < -0.3 is 4.74 Å². The van der Waals surface area contributed by atoms with Crippen molar-refractivity contribution < 1.29 is 9.53 Å². The molecule has 7 heteroatoms. The summed E-state index contributed by atoms with van der Waals surface area (Å²) in [6, 6.07) is 5.29. The Labute approximate surface area is 131 Å². The first-order valence-corrected chi connectivity index (χ1v) is 7.46. The van der Waals surface area contributed by atoms with Crippen LogP contribution in [0.15, 0.2) is 24.3 Å². The summed E-state index contributed by atoms with van der Waals surface area (Å²) in [4.78, 5) is 11.8. The van der Waals surface area contributed by atoms with E-state index < -0.39 is 0 Å². The Morgan fingerprint density at radius 2 is 2.29 bits per heavy atom. The van der Waals surface area contributed by atoms with Gasteiger partial charge in [0.15, 0.2) is 0 Å². The maximum absolute atomic E-state index is 11.8. The van der Waals surface area contributed by atoms with E-state index in [0.717, 1.165) is 17.0 Å². The third-order valence-electron chi connectivity index (χ3n) is 2.60. The highest BCUT2D eigenvalue weighted by Crippen LogP contribution is 2.25. The summed E-state index contributed by atoms with van der Waals surface area (Å²) in [5.41, 5.74) is 0.808. The van der Waals surface area contributed by atoms with Gasteiger partial charge in [-0.1, -0.05) is 35.9 Å². The SMILES string of the molecule is CCc1nnc(NC(=O)/C=C/c2ccc(OC)c(Cl)c2)s1. The minimum Gasteiger partial charge on any atom is -0.495 e. The summed E-state index contributed by atoms with van der Waals surface area (Å²) < 4.78 is 5.07. The minimum atomic E-state index is -0.263. The Morgan fingerprint density at radius 3 is 2.90 bits per heavy atom. The van der Waals surface area contributed by atoms with E-state index in [0.29, 0.717) is 15.9 Å². The highest BCUT2D eigenvalue weighted by atomic mass is 35.5. The summed E-state index contributed by atoms with van der Waals surface area (Å²) >= 11 is 7.38. The van der Waals surface area contributed by atoms with Gasteiger partial charge in [-0.25, -0.2) is 0 Å². The zero-order valence-corrected chi connectivity index (χ0v) is 13.2. The lowest BCUT2D eigenvalue weighted by atomic mass is 10.2. The number of benzene rings is 1. The maximum atomic E-state index is 11.8. The van der Waals surface area contributed by atoms with Crippen LogP contribution in [0.2, 0.25) is 5.02 Å². The van der Waals surface area contributed by atoms with Gasteiger partial charge in [0.2, 0.25) is 11.0 Å². The number of nitrogens with zero attached hydrogens (tertiary/aromatic N) is 2. The zero-order valence-electron chi connectivity index (χ0n) is 11.6. The maximum Gasteiger partial charge on any atom is 0.250 e. The number of hydrogen-bond donors (Lipinski definition) is 1. The van der Waals surface area contributed by atoms with Crippen molar-refractivity contribution in [3.05, 3.63) is 39.9 Å². The van der Waals surface area contributed by atoms with Gasteiger partial charge >= 0.3 is 0 Å². The molecule has 0 fully saturated rings. The molecule has 0 atom stereocenters. The first kappa shape index (κ1) is 15.5. The van der Waals surface area contributed by atoms with Gasteiger partial charge in [0.25, 0.3) is 0 Å². The smallest absolute Gasteiger partial charge is 0.250 e. The number of aryl methyl sites for hydroxylation is 1. The Kier molecular flexibility index (Phi) is 5.30. The van der Waals surface area contributed by atoms with Crippen molar-refractivity contribution in [3.63, 3.8) is 0 Å². The molecule has 1 amide bonds. The van der Waals surface area contributed by atoms with Crippen molar-refractivity contribution >= 4 is 40.1 Å². The molecule has 0 aliphatic carbocycles. The highest BCUT2D eigenvalue weighted by molar-refractivity contribution is 7.15. The lowest BCUT2D eigenvalue weighted by molar-refractivity contribution is -0.111. The van der Waals surface area contributed by atoms with Crippen LogP contribution in [-0.4, -0.2) is 23.2 Å². The highest BCUT2D eigenvalue weighted by Gasteiger charge is 2.05. The molecule has 1 heterocycles. The fourth-order valence-corrected chi connectivity index (χ4v) is 2.50. The largest absolute Gasteiger partial charge is 0.495 e. The number of ether oxygens (including phenoxy) is 1. The van der Waals surface area contributed by atoms with E-state index in [-0.39, 0.29) is 5.91 Å². The van der Waals surface area contributed by atoms with E-state index in [1.165, 1.54) is 17.4 Å². The van der Waals surface area contributed by atoms with E-state index >= 15 is 0 Å². The first-order chi connectivity index (χ1) is 10.1. The van der Waals surface area contributed by atoms with Gasteiger partial charge in [-0.2, -0.15) is 0 Å².